The molecule has 1 unspecified atom stereocenters. The van der Waals surface area contributed by atoms with Gasteiger partial charge in [-0.05, 0) is 12.0 Å². The fourth-order valence-electron chi connectivity index (χ4n) is 1.59. The lowest BCUT2D eigenvalue weighted by molar-refractivity contribution is -0.143. The van der Waals surface area contributed by atoms with Crippen LogP contribution in [0.3, 0.4) is 0 Å². The number of rotatable bonds is 10. The van der Waals surface area contributed by atoms with Crippen molar-refractivity contribution in [1.29, 1.82) is 0 Å². The SMILES string of the molecule is COCCOCCCOC(=O)C(S)Cc1ccccc1. The van der Waals surface area contributed by atoms with E-state index in [-0.39, 0.29) is 5.97 Å². The van der Waals surface area contributed by atoms with Gasteiger partial charge in [-0.2, -0.15) is 12.6 Å². The number of hydrogen-bond donors (Lipinski definition) is 1. The molecule has 1 rings (SSSR count). The zero-order valence-electron chi connectivity index (χ0n) is 11.8. The summed E-state index contributed by atoms with van der Waals surface area (Å²) in [5.41, 5.74) is 1.08. The molecule has 0 N–H and O–H groups in total. The quantitative estimate of drug-likeness (QED) is 0.408. The Labute approximate surface area is 125 Å². The Balaban J connectivity index is 2.10. The minimum atomic E-state index is -0.424. The van der Waals surface area contributed by atoms with Gasteiger partial charge in [-0.3, -0.25) is 4.79 Å². The van der Waals surface area contributed by atoms with E-state index in [1.165, 1.54) is 0 Å². The minimum absolute atomic E-state index is 0.283. The molecule has 0 spiro atoms. The summed E-state index contributed by atoms with van der Waals surface area (Å²) >= 11 is 4.29. The average Bonchev–Trinajstić information content (AvgIpc) is 2.47. The van der Waals surface area contributed by atoms with E-state index in [1.807, 2.05) is 30.3 Å². The summed E-state index contributed by atoms with van der Waals surface area (Å²) in [4.78, 5) is 11.7. The van der Waals surface area contributed by atoms with Crippen molar-refractivity contribution < 1.29 is 19.0 Å². The fraction of sp³-hybridized carbons (Fsp3) is 0.533. The molecular weight excluding hydrogens is 276 g/mol. The van der Waals surface area contributed by atoms with E-state index in [2.05, 4.69) is 12.6 Å². The van der Waals surface area contributed by atoms with E-state index in [9.17, 15) is 4.79 Å². The van der Waals surface area contributed by atoms with Crippen LogP contribution in [-0.2, 0) is 25.4 Å². The van der Waals surface area contributed by atoms with Gasteiger partial charge < -0.3 is 14.2 Å². The maximum absolute atomic E-state index is 11.7. The van der Waals surface area contributed by atoms with Gasteiger partial charge in [-0.15, -0.1) is 0 Å². The molecule has 112 valence electrons. The number of ether oxygens (including phenoxy) is 3. The summed E-state index contributed by atoms with van der Waals surface area (Å²) in [7, 11) is 1.63. The number of esters is 1. The molecule has 1 atom stereocenters. The largest absolute Gasteiger partial charge is 0.465 e. The van der Waals surface area contributed by atoms with E-state index in [0.29, 0.717) is 39.3 Å². The maximum atomic E-state index is 11.7. The summed E-state index contributed by atoms with van der Waals surface area (Å²) < 4.78 is 15.3. The zero-order valence-corrected chi connectivity index (χ0v) is 12.7. The van der Waals surface area contributed by atoms with E-state index in [0.717, 1.165) is 5.56 Å². The maximum Gasteiger partial charge on any atom is 0.319 e. The molecule has 1 aromatic rings. The van der Waals surface area contributed by atoms with Crippen LogP contribution in [0.5, 0.6) is 0 Å². The van der Waals surface area contributed by atoms with Crippen LogP contribution < -0.4 is 0 Å². The highest BCUT2D eigenvalue weighted by Crippen LogP contribution is 2.09. The molecule has 0 saturated carbocycles. The first-order valence-corrected chi connectivity index (χ1v) is 7.21. The predicted molar refractivity (Wildman–Crippen MR) is 81.2 cm³/mol. The Morgan fingerprint density at radius 1 is 1.15 bits per heavy atom. The van der Waals surface area contributed by atoms with Gasteiger partial charge in [0.2, 0.25) is 0 Å². The van der Waals surface area contributed by atoms with Gasteiger partial charge >= 0.3 is 5.97 Å². The molecular formula is C15H22O4S. The Kier molecular flexibility index (Phi) is 9.11. The molecule has 0 aromatic heterocycles. The first-order valence-electron chi connectivity index (χ1n) is 6.69. The molecule has 0 heterocycles. The summed E-state index contributed by atoms with van der Waals surface area (Å²) in [6.07, 6.45) is 1.26. The third-order valence-corrected chi connectivity index (χ3v) is 3.05. The van der Waals surface area contributed by atoms with Crippen LogP contribution in [0.1, 0.15) is 12.0 Å². The topological polar surface area (TPSA) is 44.8 Å². The first-order chi connectivity index (χ1) is 9.74. The number of thiol groups is 1. The molecule has 0 radical (unpaired) electrons. The third-order valence-electron chi connectivity index (χ3n) is 2.65. The summed E-state index contributed by atoms with van der Waals surface area (Å²) in [6.45, 7) is 2.06. The van der Waals surface area contributed by atoms with E-state index < -0.39 is 5.25 Å². The predicted octanol–water partition coefficient (Wildman–Crippen LogP) is 2.12. The van der Waals surface area contributed by atoms with Gasteiger partial charge in [-0.25, -0.2) is 0 Å². The molecule has 5 heteroatoms. The lowest BCUT2D eigenvalue weighted by atomic mass is 10.1. The second-order valence-electron chi connectivity index (χ2n) is 4.33. The van der Waals surface area contributed by atoms with E-state index >= 15 is 0 Å². The van der Waals surface area contributed by atoms with Gasteiger partial charge in [0, 0.05) is 20.1 Å². The van der Waals surface area contributed by atoms with Crippen LogP contribution in [0.4, 0.5) is 0 Å². The molecule has 4 nitrogen and oxygen atoms in total. The van der Waals surface area contributed by atoms with Crippen molar-refractivity contribution in [2.45, 2.75) is 18.1 Å². The highest BCUT2D eigenvalue weighted by atomic mass is 32.1. The van der Waals surface area contributed by atoms with Crippen LogP contribution in [0.2, 0.25) is 0 Å². The smallest absolute Gasteiger partial charge is 0.319 e. The van der Waals surface area contributed by atoms with E-state index in [4.69, 9.17) is 14.2 Å². The minimum Gasteiger partial charge on any atom is -0.465 e. The number of carbonyl (C=O) groups is 1. The molecule has 0 aliphatic carbocycles. The summed E-state index contributed by atoms with van der Waals surface area (Å²) in [6, 6.07) is 9.77. The van der Waals surface area contributed by atoms with Crippen molar-refractivity contribution in [1.82, 2.24) is 0 Å². The van der Waals surface area contributed by atoms with Crippen molar-refractivity contribution in [2.75, 3.05) is 33.5 Å². The lowest BCUT2D eigenvalue weighted by Crippen LogP contribution is -2.21. The van der Waals surface area contributed by atoms with Crippen molar-refractivity contribution in [2.24, 2.45) is 0 Å². The fourth-order valence-corrected chi connectivity index (χ4v) is 1.88. The molecule has 0 aliphatic heterocycles. The average molecular weight is 298 g/mol. The molecule has 0 fully saturated rings. The van der Waals surface area contributed by atoms with Crippen LogP contribution in [0.25, 0.3) is 0 Å². The van der Waals surface area contributed by atoms with E-state index in [1.54, 1.807) is 7.11 Å². The van der Waals surface area contributed by atoms with Crippen LogP contribution >= 0.6 is 12.6 Å². The number of methoxy groups -OCH3 is 1. The Bertz CT molecular complexity index is 369. The van der Waals surface area contributed by atoms with Crippen molar-refractivity contribution >= 4 is 18.6 Å². The van der Waals surface area contributed by atoms with Crippen molar-refractivity contribution in [3.05, 3.63) is 35.9 Å². The van der Waals surface area contributed by atoms with Gasteiger partial charge in [0.05, 0.1) is 19.8 Å². The monoisotopic (exact) mass is 298 g/mol. The number of carbonyl (C=O) groups excluding carboxylic acids is 1. The molecule has 0 aliphatic rings. The number of hydrogen-bond acceptors (Lipinski definition) is 5. The Hall–Kier alpha value is -1.04. The standard InChI is InChI=1S/C15H22O4S/c1-17-10-11-18-8-5-9-19-15(16)14(20)12-13-6-3-2-4-7-13/h2-4,6-7,14,20H,5,8-12H2,1H3. The highest BCUT2D eigenvalue weighted by molar-refractivity contribution is 7.81. The van der Waals surface area contributed by atoms with Gasteiger partial charge in [0.1, 0.15) is 5.25 Å². The zero-order chi connectivity index (χ0) is 14.6. The second kappa shape index (κ2) is 10.7. The molecule has 0 saturated heterocycles. The third kappa shape index (κ3) is 7.53. The number of benzene rings is 1. The Morgan fingerprint density at radius 2 is 1.90 bits per heavy atom. The highest BCUT2D eigenvalue weighted by Gasteiger charge is 2.15. The summed E-state index contributed by atoms with van der Waals surface area (Å²) in [5.74, 6) is -0.283. The van der Waals surface area contributed by atoms with Crippen LogP contribution in [0.15, 0.2) is 30.3 Å². The Morgan fingerprint density at radius 3 is 2.60 bits per heavy atom. The molecule has 20 heavy (non-hydrogen) atoms. The lowest BCUT2D eigenvalue weighted by Gasteiger charge is -2.11. The van der Waals surface area contributed by atoms with Crippen LogP contribution in [-0.4, -0.2) is 44.8 Å². The van der Waals surface area contributed by atoms with Crippen molar-refractivity contribution in [3.8, 4) is 0 Å². The normalized spacial score (nSPS) is 12.1. The van der Waals surface area contributed by atoms with Gasteiger partial charge in [0.25, 0.3) is 0 Å². The van der Waals surface area contributed by atoms with Gasteiger partial charge in [-0.1, -0.05) is 30.3 Å². The van der Waals surface area contributed by atoms with Crippen LogP contribution in [0, 0.1) is 0 Å². The second-order valence-corrected chi connectivity index (χ2v) is 4.96. The molecule has 0 bridgehead atoms. The first kappa shape index (κ1) is 17.0. The molecule has 1 aromatic carbocycles. The molecule has 0 amide bonds. The summed E-state index contributed by atoms with van der Waals surface area (Å²) in [5, 5.41) is -0.424. The van der Waals surface area contributed by atoms with Gasteiger partial charge in [0.15, 0.2) is 0 Å². The van der Waals surface area contributed by atoms with Crippen molar-refractivity contribution in [3.63, 3.8) is 0 Å².